The Labute approximate surface area is 534 Å². The Balaban J connectivity index is 1.35. The predicted molar refractivity (Wildman–Crippen MR) is 330 cm³/mol. The van der Waals surface area contributed by atoms with Crippen molar-refractivity contribution in [3.63, 3.8) is 0 Å². The molecular formula is C63H102ClF3N12O11. The summed E-state index contributed by atoms with van der Waals surface area (Å²) in [6.45, 7) is 8.61. The molecule has 6 rings (SSSR count). The molecule has 3 aliphatic carbocycles. The smallest absolute Gasteiger partial charge is 0.351 e. The van der Waals surface area contributed by atoms with E-state index >= 15 is 9.59 Å². The number of nitrogens with zero attached hydrogens (tertiary/aromatic N) is 7. The molecule has 0 radical (unpaired) electrons. The quantitative estimate of drug-likeness (QED) is 0.219. The second-order valence-electron chi connectivity index (χ2n) is 27.1. The van der Waals surface area contributed by atoms with E-state index < -0.39 is 155 Å². The number of hydrogen-bond acceptors (Lipinski definition) is 12. The topological polar surface area (TPSA) is 271 Å². The summed E-state index contributed by atoms with van der Waals surface area (Å²) in [5.41, 5.74) is -1.46. The third kappa shape index (κ3) is 18.1. The number of carbonyl (C=O) groups excluding carboxylic acids is 11. The molecule has 6 aliphatic rings. The maximum absolute atomic E-state index is 15.2. The molecule has 3 heterocycles. The lowest BCUT2D eigenvalue weighted by Crippen LogP contribution is -2.64. The van der Waals surface area contributed by atoms with Crippen molar-refractivity contribution >= 4 is 76.6 Å². The van der Waals surface area contributed by atoms with Crippen molar-refractivity contribution in [3.8, 4) is 0 Å². The van der Waals surface area contributed by atoms with Gasteiger partial charge in [-0.05, 0) is 147 Å². The van der Waals surface area contributed by atoms with Crippen LogP contribution in [0, 0.1) is 29.6 Å². The van der Waals surface area contributed by atoms with E-state index in [2.05, 4.69) is 26.6 Å². The van der Waals surface area contributed by atoms with Gasteiger partial charge >= 0.3 is 6.18 Å². The summed E-state index contributed by atoms with van der Waals surface area (Å²) in [5.74, 6) is -9.40. The first kappa shape index (κ1) is 73.3. The Morgan fingerprint density at radius 1 is 0.622 bits per heavy atom. The first-order chi connectivity index (χ1) is 42.3. The van der Waals surface area contributed by atoms with E-state index in [1.807, 2.05) is 6.92 Å². The molecule has 13 atom stereocenters. The van der Waals surface area contributed by atoms with Gasteiger partial charge in [0.1, 0.15) is 47.8 Å². The van der Waals surface area contributed by atoms with E-state index in [0.29, 0.717) is 45.1 Å². The van der Waals surface area contributed by atoms with Crippen molar-refractivity contribution in [1.29, 1.82) is 0 Å². The van der Waals surface area contributed by atoms with Crippen LogP contribution in [-0.4, -0.2) is 240 Å². The molecule has 1 spiro atoms. The number of amides is 11. The molecule has 508 valence electrons. The highest BCUT2D eigenvalue weighted by Gasteiger charge is 2.51. The summed E-state index contributed by atoms with van der Waals surface area (Å²) in [6.07, 6.45) is 2.67. The summed E-state index contributed by atoms with van der Waals surface area (Å²) in [5, 5.41) is 13.8. The van der Waals surface area contributed by atoms with Crippen molar-refractivity contribution in [2.45, 2.75) is 228 Å². The third-order valence-corrected chi connectivity index (χ3v) is 21.1. The zero-order chi connectivity index (χ0) is 66.7. The SMILES string of the molecule is CC[C@H](C)[C@@H]1NC(=O)[C@H](C)N(C)C(=O)C[C@@H](C)NC(=O)[C@H](C2CCCC2)N(C)C(=O)C2(CCCC2)NC(=O)[C@@H]2CCCN2C(=O)[C@H](CCC2CCC(C(F)(F)F)C(Cl)C2)NC(=O)[C@@H](C)N(C)C(=O)[C@H](CC2CCCNC2)N(C)C(=O)CN(C)C(=O)CN(C)C1=O. The third-order valence-electron chi connectivity index (χ3n) is 20.7. The highest BCUT2D eigenvalue weighted by molar-refractivity contribution is 6.20. The second kappa shape index (κ2) is 32.2. The van der Waals surface area contributed by atoms with Crippen molar-refractivity contribution in [2.75, 3.05) is 75.0 Å². The number of carbonyl (C=O) groups is 11. The average Bonchev–Trinajstić information content (AvgIpc) is 1.55. The van der Waals surface area contributed by atoms with Crippen LogP contribution in [0.15, 0.2) is 0 Å². The summed E-state index contributed by atoms with van der Waals surface area (Å²) < 4.78 is 41.8. The van der Waals surface area contributed by atoms with Gasteiger partial charge in [-0.1, -0.05) is 46.0 Å². The lowest BCUT2D eigenvalue weighted by molar-refractivity contribution is -0.182. The minimum Gasteiger partial charge on any atom is -0.351 e. The Morgan fingerprint density at radius 3 is 1.87 bits per heavy atom. The lowest BCUT2D eigenvalue weighted by Gasteiger charge is -2.40. The fourth-order valence-corrected chi connectivity index (χ4v) is 14.8. The number of hydrogen-bond donors (Lipinski definition) is 5. The maximum Gasteiger partial charge on any atom is 0.393 e. The Kier molecular flexibility index (Phi) is 26.2. The largest absolute Gasteiger partial charge is 0.393 e. The molecule has 0 aromatic heterocycles. The van der Waals surface area contributed by atoms with Crippen LogP contribution in [-0.2, 0) is 52.7 Å². The van der Waals surface area contributed by atoms with Crippen LogP contribution in [0.5, 0.6) is 0 Å². The lowest BCUT2D eigenvalue weighted by atomic mass is 9.78. The maximum atomic E-state index is 15.2. The zero-order valence-corrected chi connectivity index (χ0v) is 55.6. The highest BCUT2D eigenvalue weighted by atomic mass is 35.5. The molecule has 23 nitrogen and oxygen atoms in total. The zero-order valence-electron chi connectivity index (χ0n) is 54.9. The molecule has 3 saturated carbocycles. The van der Waals surface area contributed by atoms with Gasteiger partial charge in [-0.2, -0.15) is 13.2 Å². The summed E-state index contributed by atoms with van der Waals surface area (Å²) >= 11 is 6.38. The molecule has 3 saturated heterocycles. The standard InChI is InChI=1S/C63H102ClF3N12O11/c1-12-37(2)52-60(89)74(7)35-50(81)73(6)36-51(82)77(10)48(33-42-19-17-29-68-34-42)59(88)76(9)40(5)54(83)70-46(26-24-41-23-25-44(45(64)32-41)63(65,66)67)58(87)79-30-18-22-47(79)56(85)72-62(27-15-16-28-62)61(90)78(11)53(43-20-13-14-21-43)57(86)69-38(3)31-49(80)75(8)39(4)55(84)71-52/h37-48,52-53,68H,12-36H2,1-11H3,(H,69,86)(H,70,83)(H,71,84)(H,72,85)/t37-,38+,39-,40+,41?,42?,44?,45?,46-,47-,48-,52-,53-/m0/s1. The summed E-state index contributed by atoms with van der Waals surface area (Å²) in [6, 6.07) is -8.83. The van der Waals surface area contributed by atoms with Gasteiger partial charge in [-0.15, -0.1) is 11.6 Å². The molecule has 11 amide bonds. The van der Waals surface area contributed by atoms with Crippen LogP contribution in [0.3, 0.4) is 0 Å². The number of likely N-dealkylation sites (N-methyl/N-ethyl adjacent to an activating group) is 6. The number of piperidine rings is 1. The van der Waals surface area contributed by atoms with Crippen molar-refractivity contribution in [3.05, 3.63) is 0 Å². The molecule has 0 bridgehead atoms. The van der Waals surface area contributed by atoms with Gasteiger partial charge < -0.3 is 60.9 Å². The van der Waals surface area contributed by atoms with Crippen LogP contribution >= 0.6 is 11.6 Å². The van der Waals surface area contributed by atoms with Gasteiger partial charge in [0.2, 0.25) is 65.0 Å². The Bertz CT molecular complexity index is 2590. The fraction of sp³-hybridized carbons (Fsp3) is 0.825. The van der Waals surface area contributed by atoms with Crippen LogP contribution in [0.2, 0.25) is 0 Å². The minimum absolute atomic E-state index is 0.0109. The average molecular weight is 1300 g/mol. The van der Waals surface area contributed by atoms with E-state index in [4.69, 9.17) is 11.6 Å². The van der Waals surface area contributed by atoms with E-state index in [-0.39, 0.29) is 88.5 Å². The Hall–Kier alpha value is -5.79. The van der Waals surface area contributed by atoms with E-state index in [1.165, 1.54) is 73.6 Å². The summed E-state index contributed by atoms with van der Waals surface area (Å²) in [4.78, 5) is 168. The molecule has 27 heteroatoms. The molecule has 90 heavy (non-hydrogen) atoms. The van der Waals surface area contributed by atoms with Crippen LogP contribution < -0.4 is 26.6 Å². The van der Waals surface area contributed by atoms with Gasteiger partial charge in [0.25, 0.3) is 0 Å². The van der Waals surface area contributed by atoms with Crippen LogP contribution in [0.4, 0.5) is 13.2 Å². The van der Waals surface area contributed by atoms with E-state index in [9.17, 15) is 56.3 Å². The number of alkyl halides is 4. The van der Waals surface area contributed by atoms with E-state index in [0.717, 1.165) is 42.0 Å². The molecule has 0 aromatic carbocycles. The number of rotatable bonds is 8. The van der Waals surface area contributed by atoms with Crippen LogP contribution in [0.1, 0.15) is 163 Å². The van der Waals surface area contributed by atoms with Crippen molar-refractivity contribution in [1.82, 2.24) is 60.9 Å². The molecule has 0 aromatic rings. The second-order valence-corrected chi connectivity index (χ2v) is 27.6. The predicted octanol–water partition coefficient (Wildman–Crippen LogP) is 3.54. The number of nitrogens with one attached hydrogen (secondary N) is 5. The molecule has 5 N–H and O–H groups in total. The number of halogens is 4. The normalized spacial score (nSPS) is 32.3. The van der Waals surface area contributed by atoms with Gasteiger partial charge in [0.05, 0.1) is 19.0 Å². The van der Waals surface area contributed by atoms with Gasteiger partial charge in [-0.3, -0.25) is 52.7 Å². The molecular weight excluding hydrogens is 1190 g/mol. The minimum atomic E-state index is -4.50. The monoisotopic (exact) mass is 1290 g/mol. The van der Waals surface area contributed by atoms with Gasteiger partial charge in [0, 0.05) is 66.7 Å². The fourth-order valence-electron chi connectivity index (χ4n) is 14.2. The first-order valence-corrected chi connectivity index (χ1v) is 33.2. The highest BCUT2D eigenvalue weighted by Crippen LogP contribution is 2.44. The molecule has 4 unspecified atom stereocenters. The number of fused-ring (bicyclic) bond motifs is 1. The van der Waals surface area contributed by atoms with Gasteiger partial charge in [-0.25, -0.2) is 0 Å². The molecule has 6 fully saturated rings. The Morgan fingerprint density at radius 2 is 1.26 bits per heavy atom. The van der Waals surface area contributed by atoms with Gasteiger partial charge in [0.15, 0.2) is 0 Å². The summed E-state index contributed by atoms with van der Waals surface area (Å²) in [7, 11) is 8.60. The van der Waals surface area contributed by atoms with Crippen molar-refractivity contribution < 1.29 is 65.9 Å². The van der Waals surface area contributed by atoms with E-state index in [1.54, 1.807) is 20.9 Å². The molecule has 3 aliphatic heterocycles. The van der Waals surface area contributed by atoms with Crippen molar-refractivity contribution in [2.24, 2.45) is 29.6 Å². The first-order valence-electron chi connectivity index (χ1n) is 32.8. The van der Waals surface area contributed by atoms with Crippen LogP contribution in [0.25, 0.3) is 0 Å².